The topological polar surface area (TPSA) is 74.3 Å². The first-order valence-corrected chi connectivity index (χ1v) is 19.4. The van der Waals surface area contributed by atoms with Gasteiger partial charge in [-0.3, -0.25) is 4.79 Å². The van der Waals surface area contributed by atoms with Crippen LogP contribution in [0.25, 0.3) is 12.2 Å². The second-order valence-corrected chi connectivity index (χ2v) is 14.5. The van der Waals surface area contributed by atoms with Crippen LogP contribution in [0.5, 0.6) is 23.0 Å². The van der Waals surface area contributed by atoms with Gasteiger partial charge in [-0.15, -0.1) is 0 Å². The first-order chi connectivity index (χ1) is 27.7. The number of esters is 1. The van der Waals surface area contributed by atoms with E-state index in [0.29, 0.717) is 17.2 Å². The van der Waals surface area contributed by atoms with E-state index in [0.717, 1.165) is 70.7 Å². The third-order valence-corrected chi connectivity index (χ3v) is 10.6. The minimum Gasteiger partial charge on any atom is -0.497 e. The van der Waals surface area contributed by atoms with Gasteiger partial charge in [0.05, 0.1) is 7.11 Å². The van der Waals surface area contributed by atoms with E-state index in [9.17, 15) is 9.59 Å². The number of rotatable bonds is 11. The predicted molar refractivity (Wildman–Crippen MR) is 227 cm³/mol. The maximum atomic E-state index is 13.3. The van der Waals surface area contributed by atoms with Crippen LogP contribution in [0.1, 0.15) is 72.4 Å². The summed E-state index contributed by atoms with van der Waals surface area (Å²) in [6, 6.07) is 45.9. The van der Waals surface area contributed by atoms with Crippen molar-refractivity contribution in [1.29, 1.82) is 0 Å². The highest BCUT2D eigenvalue weighted by Crippen LogP contribution is 2.47. The molecular weight excluding hydrogens is 711 g/mol. The fourth-order valence-corrected chi connectivity index (χ4v) is 7.76. The maximum Gasteiger partial charge on any atom is 0.519 e. The number of anilines is 3. The lowest BCUT2D eigenvalue weighted by atomic mass is 9.65. The van der Waals surface area contributed by atoms with E-state index < -0.39 is 6.16 Å². The standard InChI is InChI=1S/C50H47NO6/c1-35-31-40(23-27-47(35)55-37(3)52)50(29-9-6-10-30-50)41-24-28-48(36(2)32-41)57-49(53)56-46-18-12-16-44(34-46)51(43-15-11-17-45(33-43)54-4)42-25-21-39(22-26-42)20-19-38-13-7-5-8-14-38/h5,7-8,11-28,31-34H,6,9-10,29-30H2,1-4H3. The highest BCUT2D eigenvalue weighted by molar-refractivity contribution is 5.80. The average molecular weight is 758 g/mol. The Labute approximate surface area is 335 Å². The summed E-state index contributed by atoms with van der Waals surface area (Å²) in [5.74, 6) is 1.75. The normalized spacial score (nSPS) is 13.5. The number of benzene rings is 6. The van der Waals surface area contributed by atoms with Gasteiger partial charge in [-0.25, -0.2) is 4.79 Å². The van der Waals surface area contributed by atoms with Crippen LogP contribution in [-0.2, 0) is 10.2 Å². The Morgan fingerprint density at radius 3 is 1.70 bits per heavy atom. The quantitative estimate of drug-likeness (QED) is 0.0564. The molecule has 7 heteroatoms. The highest BCUT2D eigenvalue weighted by atomic mass is 16.7. The highest BCUT2D eigenvalue weighted by Gasteiger charge is 2.36. The fourth-order valence-electron chi connectivity index (χ4n) is 7.76. The maximum absolute atomic E-state index is 13.3. The molecule has 0 amide bonds. The van der Waals surface area contributed by atoms with Crippen molar-refractivity contribution in [3.05, 3.63) is 173 Å². The zero-order chi connectivity index (χ0) is 39.8. The summed E-state index contributed by atoms with van der Waals surface area (Å²) in [5, 5.41) is 0. The molecule has 0 spiro atoms. The van der Waals surface area contributed by atoms with Crippen molar-refractivity contribution < 1.29 is 28.5 Å². The molecular formula is C50H47NO6. The molecule has 1 aliphatic carbocycles. The van der Waals surface area contributed by atoms with Gasteiger partial charge in [-0.2, -0.15) is 0 Å². The van der Waals surface area contributed by atoms with E-state index in [2.05, 4.69) is 77.7 Å². The zero-order valence-electron chi connectivity index (χ0n) is 32.9. The van der Waals surface area contributed by atoms with E-state index in [4.69, 9.17) is 18.9 Å². The van der Waals surface area contributed by atoms with Crippen molar-refractivity contribution in [2.75, 3.05) is 12.0 Å². The first kappa shape index (κ1) is 38.7. The molecule has 7 rings (SSSR count). The summed E-state index contributed by atoms with van der Waals surface area (Å²) in [6.45, 7) is 5.34. The first-order valence-electron chi connectivity index (χ1n) is 19.4. The number of ether oxygens (including phenoxy) is 4. The molecule has 7 nitrogen and oxygen atoms in total. The molecule has 6 aromatic rings. The third kappa shape index (κ3) is 9.11. The second kappa shape index (κ2) is 17.5. The lowest BCUT2D eigenvalue weighted by Gasteiger charge is -2.39. The molecule has 0 N–H and O–H groups in total. The average Bonchev–Trinajstić information content (AvgIpc) is 3.23. The van der Waals surface area contributed by atoms with E-state index >= 15 is 0 Å². The molecule has 0 atom stereocenters. The van der Waals surface area contributed by atoms with Gasteiger partial charge in [0.1, 0.15) is 23.0 Å². The minimum atomic E-state index is -0.824. The fraction of sp³-hybridized carbons (Fsp3) is 0.200. The number of hydrogen-bond donors (Lipinski definition) is 0. The van der Waals surface area contributed by atoms with Crippen LogP contribution in [0.4, 0.5) is 21.9 Å². The SMILES string of the molecule is COc1cccc(N(c2ccc(C=Cc3ccccc3)cc2)c2cccc(OC(=O)Oc3ccc(C4(c5ccc(OC(C)=O)c(C)c5)CCCCC4)cc3C)c2)c1. The van der Waals surface area contributed by atoms with Crippen molar-refractivity contribution in [2.24, 2.45) is 0 Å². The van der Waals surface area contributed by atoms with Gasteiger partial charge in [-0.1, -0.05) is 110 Å². The number of carbonyl (C=O) groups is 2. The van der Waals surface area contributed by atoms with Gasteiger partial charge in [0.2, 0.25) is 0 Å². The van der Waals surface area contributed by atoms with Gasteiger partial charge in [-0.05, 0) is 109 Å². The van der Waals surface area contributed by atoms with Crippen LogP contribution < -0.4 is 23.8 Å². The molecule has 1 fully saturated rings. The molecule has 0 radical (unpaired) electrons. The molecule has 288 valence electrons. The van der Waals surface area contributed by atoms with Crippen LogP contribution in [0.2, 0.25) is 0 Å². The van der Waals surface area contributed by atoms with Crippen LogP contribution in [0, 0.1) is 13.8 Å². The van der Waals surface area contributed by atoms with Gasteiger partial charge in [0.25, 0.3) is 0 Å². The third-order valence-electron chi connectivity index (χ3n) is 10.6. The van der Waals surface area contributed by atoms with E-state index in [1.807, 2.05) is 86.6 Å². The summed E-state index contributed by atoms with van der Waals surface area (Å²) in [4.78, 5) is 27.1. The summed E-state index contributed by atoms with van der Waals surface area (Å²) in [5.41, 5.74) is 8.71. The molecule has 6 aromatic carbocycles. The smallest absolute Gasteiger partial charge is 0.497 e. The van der Waals surface area contributed by atoms with Crippen molar-refractivity contribution in [3.63, 3.8) is 0 Å². The summed E-state index contributed by atoms with van der Waals surface area (Å²) in [7, 11) is 1.65. The Balaban J connectivity index is 1.11. The Bertz CT molecular complexity index is 2380. The largest absolute Gasteiger partial charge is 0.519 e. The number of aryl methyl sites for hydroxylation is 2. The van der Waals surface area contributed by atoms with E-state index in [1.54, 1.807) is 13.2 Å². The monoisotopic (exact) mass is 757 g/mol. The molecule has 1 aliphatic rings. The van der Waals surface area contributed by atoms with Gasteiger partial charge in [0.15, 0.2) is 0 Å². The zero-order valence-corrected chi connectivity index (χ0v) is 32.9. The van der Waals surface area contributed by atoms with Crippen LogP contribution in [0.15, 0.2) is 140 Å². The molecule has 57 heavy (non-hydrogen) atoms. The second-order valence-electron chi connectivity index (χ2n) is 14.5. The van der Waals surface area contributed by atoms with Gasteiger partial charge in [0, 0.05) is 41.5 Å². The molecule has 0 bridgehead atoms. The Kier molecular flexibility index (Phi) is 11.8. The summed E-state index contributed by atoms with van der Waals surface area (Å²) >= 11 is 0. The number of hydrogen-bond acceptors (Lipinski definition) is 7. The number of methoxy groups -OCH3 is 1. The lowest BCUT2D eigenvalue weighted by molar-refractivity contribution is -0.131. The van der Waals surface area contributed by atoms with Crippen LogP contribution in [0.3, 0.4) is 0 Å². The Morgan fingerprint density at radius 2 is 1.12 bits per heavy atom. The van der Waals surface area contributed by atoms with Gasteiger partial charge >= 0.3 is 12.1 Å². The van der Waals surface area contributed by atoms with Crippen molar-refractivity contribution in [1.82, 2.24) is 0 Å². The number of carbonyl (C=O) groups excluding carboxylic acids is 2. The Hall–Kier alpha value is -6.60. The molecule has 0 aromatic heterocycles. The van der Waals surface area contributed by atoms with E-state index in [-0.39, 0.29) is 11.4 Å². The Morgan fingerprint density at radius 1 is 0.561 bits per heavy atom. The molecule has 0 heterocycles. The van der Waals surface area contributed by atoms with E-state index in [1.165, 1.54) is 24.5 Å². The van der Waals surface area contributed by atoms with Crippen molar-refractivity contribution in [2.45, 2.75) is 58.3 Å². The summed E-state index contributed by atoms with van der Waals surface area (Å²) < 4.78 is 22.6. The summed E-state index contributed by atoms with van der Waals surface area (Å²) in [6.07, 6.45) is 8.77. The predicted octanol–water partition coefficient (Wildman–Crippen LogP) is 12.7. The van der Waals surface area contributed by atoms with Crippen LogP contribution in [-0.4, -0.2) is 19.2 Å². The molecule has 1 saturated carbocycles. The lowest BCUT2D eigenvalue weighted by Crippen LogP contribution is -2.30. The van der Waals surface area contributed by atoms with Crippen molar-refractivity contribution >= 4 is 41.3 Å². The molecule has 0 unspecified atom stereocenters. The molecule has 0 aliphatic heterocycles. The number of nitrogens with zero attached hydrogens (tertiary/aromatic N) is 1. The van der Waals surface area contributed by atoms with Crippen molar-refractivity contribution in [3.8, 4) is 23.0 Å². The van der Waals surface area contributed by atoms with Gasteiger partial charge < -0.3 is 23.8 Å². The minimum absolute atomic E-state index is 0.199. The van der Waals surface area contributed by atoms with Crippen LogP contribution >= 0.6 is 0 Å². The molecule has 0 saturated heterocycles.